The van der Waals surface area contributed by atoms with Crippen LogP contribution in [0.3, 0.4) is 0 Å². The molecule has 0 bridgehead atoms. The van der Waals surface area contributed by atoms with E-state index in [0.717, 1.165) is 38.0 Å². The van der Waals surface area contributed by atoms with Crippen molar-refractivity contribution in [2.75, 3.05) is 37.7 Å². The number of nitrogens with two attached hydrogens (primary N) is 1. The first-order valence-electron chi connectivity index (χ1n) is 9.91. The highest BCUT2D eigenvalue weighted by Gasteiger charge is 2.26. The molecule has 1 aromatic rings. The zero-order chi connectivity index (χ0) is 20.6. The lowest BCUT2D eigenvalue weighted by Gasteiger charge is -2.37. The van der Waals surface area contributed by atoms with Gasteiger partial charge in [0.05, 0.1) is 6.61 Å². The Labute approximate surface area is 165 Å². The number of hydrogen-bond donors (Lipinski definition) is 2. The van der Waals surface area contributed by atoms with E-state index in [1.807, 2.05) is 17.0 Å². The summed E-state index contributed by atoms with van der Waals surface area (Å²) in [5.41, 5.74) is 6.52. The maximum atomic E-state index is 12.2. The van der Waals surface area contributed by atoms with Gasteiger partial charge in [0.25, 0.3) is 0 Å². The molecule has 5 nitrogen and oxygen atoms in total. The van der Waals surface area contributed by atoms with Gasteiger partial charge in [0.15, 0.2) is 5.96 Å². The van der Waals surface area contributed by atoms with Crippen LogP contribution < -0.4 is 15.4 Å². The Morgan fingerprint density at radius 2 is 1.86 bits per heavy atom. The predicted molar refractivity (Wildman–Crippen MR) is 106 cm³/mol. The fourth-order valence-electron chi connectivity index (χ4n) is 3.18. The molecular formula is C20H31F3N4O. The number of benzene rings is 1. The normalized spacial score (nSPS) is 15.5. The monoisotopic (exact) mass is 400 g/mol. The van der Waals surface area contributed by atoms with Crippen LogP contribution >= 0.6 is 0 Å². The van der Waals surface area contributed by atoms with Gasteiger partial charge in [-0.1, -0.05) is 6.92 Å². The Bertz CT molecular complexity index is 598. The van der Waals surface area contributed by atoms with Crippen molar-refractivity contribution < 1.29 is 17.9 Å². The summed E-state index contributed by atoms with van der Waals surface area (Å²) in [5.74, 6) is 1.69. The Hall–Kier alpha value is -1.96. The molecule has 0 atom stereocenters. The number of alkyl halides is 3. The van der Waals surface area contributed by atoms with E-state index in [4.69, 9.17) is 15.9 Å². The molecule has 1 fully saturated rings. The van der Waals surface area contributed by atoms with Crippen LogP contribution in [0.5, 0.6) is 5.75 Å². The van der Waals surface area contributed by atoms with Gasteiger partial charge >= 0.3 is 6.18 Å². The standard InChI is InChI=1S/C20H31F3N4O/c1-16-8-13-26(14-9-16)19(25)27(12-3-11-24)17-4-6-18(7-5-17)28-15-2-10-20(21,22)23/h4-7,16,25H,2-3,8-15,24H2,1H3. The van der Waals surface area contributed by atoms with Crippen LogP contribution in [0.25, 0.3) is 0 Å². The highest BCUT2D eigenvalue weighted by atomic mass is 19.4. The van der Waals surface area contributed by atoms with Gasteiger partial charge in [0, 0.05) is 31.7 Å². The summed E-state index contributed by atoms with van der Waals surface area (Å²) in [6, 6.07) is 7.17. The minimum atomic E-state index is -4.15. The number of hydrogen-bond acceptors (Lipinski definition) is 3. The Morgan fingerprint density at radius 1 is 1.21 bits per heavy atom. The third kappa shape index (κ3) is 7.22. The fourth-order valence-corrected chi connectivity index (χ4v) is 3.18. The number of anilines is 1. The van der Waals surface area contributed by atoms with Gasteiger partial charge in [0.1, 0.15) is 5.75 Å². The van der Waals surface area contributed by atoms with Crippen molar-refractivity contribution in [3.63, 3.8) is 0 Å². The molecule has 8 heteroatoms. The molecular weight excluding hydrogens is 369 g/mol. The molecule has 158 valence electrons. The quantitative estimate of drug-likeness (QED) is 0.389. The van der Waals surface area contributed by atoms with E-state index in [1.165, 1.54) is 0 Å². The summed E-state index contributed by atoms with van der Waals surface area (Å²) >= 11 is 0. The minimum Gasteiger partial charge on any atom is -0.494 e. The first kappa shape index (κ1) is 22.3. The molecule has 0 radical (unpaired) electrons. The molecule has 1 aliphatic rings. The van der Waals surface area contributed by atoms with Gasteiger partial charge in [-0.25, -0.2) is 0 Å². The number of ether oxygens (including phenoxy) is 1. The Kier molecular flexibility index (Phi) is 8.41. The van der Waals surface area contributed by atoms with E-state index in [0.29, 0.717) is 30.7 Å². The third-order valence-electron chi connectivity index (χ3n) is 4.95. The fraction of sp³-hybridized carbons (Fsp3) is 0.650. The summed E-state index contributed by atoms with van der Waals surface area (Å²) in [4.78, 5) is 4.04. The van der Waals surface area contributed by atoms with Crippen molar-refractivity contribution in [1.29, 1.82) is 5.41 Å². The second kappa shape index (κ2) is 10.5. The summed E-state index contributed by atoms with van der Waals surface area (Å²) in [6.07, 6.45) is -2.13. The number of guanidine groups is 1. The van der Waals surface area contributed by atoms with Gasteiger partial charge in [-0.05, 0) is 62.4 Å². The van der Waals surface area contributed by atoms with Crippen molar-refractivity contribution in [2.24, 2.45) is 11.7 Å². The molecule has 1 aliphatic heterocycles. The van der Waals surface area contributed by atoms with Crippen LogP contribution in [0, 0.1) is 11.3 Å². The van der Waals surface area contributed by atoms with Crippen LogP contribution in [0.2, 0.25) is 0 Å². The molecule has 0 unspecified atom stereocenters. The molecule has 0 amide bonds. The van der Waals surface area contributed by atoms with E-state index in [9.17, 15) is 13.2 Å². The molecule has 0 aliphatic carbocycles. The topological polar surface area (TPSA) is 65.6 Å². The molecule has 1 aromatic carbocycles. The zero-order valence-corrected chi connectivity index (χ0v) is 16.5. The number of nitrogens with one attached hydrogen (secondary N) is 1. The van der Waals surface area contributed by atoms with Crippen LogP contribution in [-0.2, 0) is 0 Å². The molecule has 28 heavy (non-hydrogen) atoms. The van der Waals surface area contributed by atoms with E-state index >= 15 is 0 Å². The van der Waals surface area contributed by atoms with Crippen molar-refractivity contribution in [2.45, 2.75) is 45.2 Å². The number of piperidine rings is 1. The SMILES string of the molecule is CC1CCN(C(=N)N(CCCN)c2ccc(OCCCC(F)(F)F)cc2)CC1. The van der Waals surface area contributed by atoms with Crippen LogP contribution in [0.15, 0.2) is 24.3 Å². The molecule has 1 heterocycles. The molecule has 1 saturated heterocycles. The number of nitrogens with zero attached hydrogens (tertiary/aromatic N) is 2. The van der Waals surface area contributed by atoms with E-state index in [2.05, 4.69) is 11.8 Å². The largest absolute Gasteiger partial charge is 0.494 e. The van der Waals surface area contributed by atoms with Crippen molar-refractivity contribution in [3.8, 4) is 5.75 Å². The highest BCUT2D eigenvalue weighted by molar-refractivity contribution is 5.93. The Morgan fingerprint density at radius 3 is 2.43 bits per heavy atom. The smallest absolute Gasteiger partial charge is 0.389 e. The van der Waals surface area contributed by atoms with Gasteiger partial charge in [-0.3, -0.25) is 5.41 Å². The molecule has 0 spiro atoms. The van der Waals surface area contributed by atoms with Gasteiger partial charge in [0.2, 0.25) is 0 Å². The van der Waals surface area contributed by atoms with Crippen LogP contribution in [0.4, 0.5) is 18.9 Å². The van der Waals surface area contributed by atoms with Crippen molar-refractivity contribution in [1.82, 2.24) is 4.90 Å². The highest BCUT2D eigenvalue weighted by Crippen LogP contribution is 2.24. The van der Waals surface area contributed by atoms with Crippen molar-refractivity contribution in [3.05, 3.63) is 24.3 Å². The van der Waals surface area contributed by atoms with Gasteiger partial charge in [-0.2, -0.15) is 13.2 Å². The first-order chi connectivity index (χ1) is 13.3. The average Bonchev–Trinajstić information content (AvgIpc) is 2.66. The maximum absolute atomic E-state index is 12.2. The van der Waals surface area contributed by atoms with Crippen LogP contribution in [-0.4, -0.2) is 49.8 Å². The molecule has 0 aromatic heterocycles. The first-order valence-corrected chi connectivity index (χ1v) is 9.91. The number of likely N-dealkylation sites (tertiary alicyclic amines) is 1. The number of halogens is 3. The van der Waals surface area contributed by atoms with E-state index in [1.54, 1.807) is 12.1 Å². The second-order valence-electron chi connectivity index (χ2n) is 7.35. The van der Waals surface area contributed by atoms with E-state index < -0.39 is 12.6 Å². The van der Waals surface area contributed by atoms with Gasteiger partial charge < -0.3 is 20.3 Å². The number of rotatable bonds is 8. The molecule has 2 rings (SSSR count). The third-order valence-corrected chi connectivity index (χ3v) is 4.95. The van der Waals surface area contributed by atoms with Crippen LogP contribution in [0.1, 0.15) is 39.0 Å². The minimum absolute atomic E-state index is 0.0253. The lowest BCUT2D eigenvalue weighted by molar-refractivity contribution is -0.136. The van der Waals surface area contributed by atoms with E-state index in [-0.39, 0.29) is 13.0 Å². The Balaban J connectivity index is 1.96. The van der Waals surface area contributed by atoms with Gasteiger partial charge in [-0.15, -0.1) is 0 Å². The molecule has 0 saturated carbocycles. The van der Waals surface area contributed by atoms with Crippen molar-refractivity contribution >= 4 is 11.6 Å². The molecule has 3 N–H and O–H groups in total. The second-order valence-corrected chi connectivity index (χ2v) is 7.35. The average molecular weight is 400 g/mol. The zero-order valence-electron chi connectivity index (χ0n) is 16.5. The summed E-state index contributed by atoms with van der Waals surface area (Å²) < 4.78 is 41.9. The lowest BCUT2D eigenvalue weighted by Crippen LogP contribution is -2.47. The predicted octanol–water partition coefficient (Wildman–Crippen LogP) is 4.23. The lowest BCUT2D eigenvalue weighted by atomic mass is 9.99. The summed E-state index contributed by atoms with van der Waals surface area (Å²) in [5, 5.41) is 8.64. The summed E-state index contributed by atoms with van der Waals surface area (Å²) in [6.45, 7) is 5.20. The maximum Gasteiger partial charge on any atom is 0.389 e. The summed E-state index contributed by atoms with van der Waals surface area (Å²) in [7, 11) is 0.